The van der Waals surface area contributed by atoms with Crippen molar-refractivity contribution in [1.82, 2.24) is 4.90 Å². The number of nitrogens with zero attached hydrogens (tertiary/aromatic N) is 2. The van der Waals surface area contributed by atoms with Crippen LogP contribution in [0.15, 0.2) is 54.6 Å². The van der Waals surface area contributed by atoms with Gasteiger partial charge in [0.2, 0.25) is 11.8 Å². The van der Waals surface area contributed by atoms with Gasteiger partial charge in [-0.15, -0.1) is 0 Å². The first-order valence-corrected chi connectivity index (χ1v) is 9.59. The number of ether oxygens (including phenoxy) is 1. The maximum atomic E-state index is 13.0. The first kappa shape index (κ1) is 19.9. The van der Waals surface area contributed by atoms with Gasteiger partial charge in [0.15, 0.2) is 0 Å². The predicted molar refractivity (Wildman–Crippen MR) is 110 cm³/mol. The SMILES string of the molecule is COc1cccc(N2C[C@@H](Cc3ccccc3)N(C(=O)C(C)(C)C)CC2=O)c1. The highest BCUT2D eigenvalue weighted by Gasteiger charge is 2.39. The molecule has 2 aromatic carbocycles. The summed E-state index contributed by atoms with van der Waals surface area (Å²) in [6.45, 7) is 6.24. The lowest BCUT2D eigenvalue weighted by Gasteiger charge is -2.43. The lowest BCUT2D eigenvalue weighted by Crippen LogP contribution is -2.60. The van der Waals surface area contributed by atoms with E-state index in [0.717, 1.165) is 11.3 Å². The van der Waals surface area contributed by atoms with Crippen molar-refractivity contribution in [1.29, 1.82) is 0 Å². The first-order valence-electron chi connectivity index (χ1n) is 9.59. The van der Waals surface area contributed by atoms with Gasteiger partial charge in [-0.05, 0) is 24.1 Å². The quantitative estimate of drug-likeness (QED) is 0.815. The van der Waals surface area contributed by atoms with Crippen molar-refractivity contribution in [2.24, 2.45) is 5.41 Å². The number of hydrogen-bond acceptors (Lipinski definition) is 3. The predicted octanol–water partition coefficient (Wildman–Crippen LogP) is 3.53. The van der Waals surface area contributed by atoms with E-state index in [-0.39, 0.29) is 24.4 Å². The molecule has 2 amide bonds. The maximum absolute atomic E-state index is 13.0. The molecule has 1 fully saturated rings. The highest BCUT2D eigenvalue weighted by atomic mass is 16.5. The lowest BCUT2D eigenvalue weighted by atomic mass is 9.91. The molecule has 0 unspecified atom stereocenters. The van der Waals surface area contributed by atoms with Crippen LogP contribution in [0.4, 0.5) is 5.69 Å². The van der Waals surface area contributed by atoms with Crippen molar-refractivity contribution in [3.05, 3.63) is 60.2 Å². The average molecular weight is 380 g/mol. The minimum Gasteiger partial charge on any atom is -0.497 e. The molecule has 3 rings (SSSR count). The van der Waals surface area contributed by atoms with E-state index >= 15 is 0 Å². The molecule has 2 aromatic rings. The Balaban J connectivity index is 1.91. The standard InChI is InChI=1S/C23H28N2O3/c1-23(2,3)22(27)25-16-21(26)24(18-11-8-12-20(14-18)28-4)15-19(25)13-17-9-6-5-7-10-17/h5-12,14,19H,13,15-16H2,1-4H3/t19-/m1/s1. The average Bonchev–Trinajstić information content (AvgIpc) is 2.68. The largest absolute Gasteiger partial charge is 0.497 e. The molecule has 1 aliphatic heterocycles. The van der Waals surface area contributed by atoms with Gasteiger partial charge in [0.1, 0.15) is 12.3 Å². The van der Waals surface area contributed by atoms with E-state index in [0.29, 0.717) is 18.7 Å². The summed E-state index contributed by atoms with van der Waals surface area (Å²) in [4.78, 5) is 29.5. The topological polar surface area (TPSA) is 49.9 Å². The highest BCUT2D eigenvalue weighted by Crippen LogP contribution is 2.28. The van der Waals surface area contributed by atoms with Crippen LogP contribution in [0.5, 0.6) is 5.75 Å². The summed E-state index contributed by atoms with van der Waals surface area (Å²) in [5.74, 6) is 0.639. The molecule has 0 spiro atoms. The zero-order valence-electron chi connectivity index (χ0n) is 17.0. The number of piperazine rings is 1. The Morgan fingerprint density at radius 1 is 1.11 bits per heavy atom. The van der Waals surface area contributed by atoms with Crippen LogP contribution in [0.1, 0.15) is 26.3 Å². The molecule has 5 heteroatoms. The Morgan fingerprint density at radius 3 is 2.46 bits per heavy atom. The van der Waals surface area contributed by atoms with Gasteiger partial charge >= 0.3 is 0 Å². The molecule has 1 aliphatic rings. The summed E-state index contributed by atoms with van der Waals surface area (Å²) in [7, 11) is 1.61. The van der Waals surface area contributed by atoms with E-state index in [9.17, 15) is 9.59 Å². The van der Waals surface area contributed by atoms with Crippen LogP contribution < -0.4 is 9.64 Å². The molecule has 28 heavy (non-hydrogen) atoms. The van der Waals surface area contributed by atoms with Crippen LogP contribution in [0.25, 0.3) is 0 Å². The third kappa shape index (κ3) is 4.35. The van der Waals surface area contributed by atoms with E-state index in [1.807, 2.05) is 63.2 Å². The zero-order chi connectivity index (χ0) is 20.3. The number of anilines is 1. The van der Waals surface area contributed by atoms with Crippen molar-refractivity contribution >= 4 is 17.5 Å². The second-order valence-corrected chi connectivity index (χ2v) is 8.23. The van der Waals surface area contributed by atoms with Gasteiger partial charge in [0.05, 0.1) is 13.2 Å². The summed E-state index contributed by atoms with van der Waals surface area (Å²) in [6.07, 6.45) is 0.705. The Bertz CT molecular complexity index is 842. The number of carbonyl (C=O) groups is 2. The van der Waals surface area contributed by atoms with Gasteiger partial charge < -0.3 is 14.5 Å². The fourth-order valence-corrected chi connectivity index (χ4v) is 3.53. The zero-order valence-corrected chi connectivity index (χ0v) is 17.0. The van der Waals surface area contributed by atoms with Gasteiger partial charge in [0, 0.05) is 23.7 Å². The molecule has 0 aromatic heterocycles. The highest BCUT2D eigenvalue weighted by molar-refractivity contribution is 5.99. The normalized spacial score (nSPS) is 17.6. The van der Waals surface area contributed by atoms with E-state index in [1.165, 1.54) is 0 Å². The Kier molecular flexibility index (Phi) is 5.73. The summed E-state index contributed by atoms with van der Waals surface area (Å²) in [6, 6.07) is 17.5. The fraction of sp³-hybridized carbons (Fsp3) is 0.391. The smallest absolute Gasteiger partial charge is 0.246 e. The van der Waals surface area contributed by atoms with E-state index in [2.05, 4.69) is 12.1 Å². The van der Waals surface area contributed by atoms with Gasteiger partial charge in [-0.2, -0.15) is 0 Å². The monoisotopic (exact) mass is 380 g/mol. The van der Waals surface area contributed by atoms with E-state index < -0.39 is 5.41 Å². The van der Waals surface area contributed by atoms with Gasteiger partial charge in [-0.25, -0.2) is 0 Å². The van der Waals surface area contributed by atoms with E-state index in [4.69, 9.17) is 4.74 Å². The summed E-state index contributed by atoms with van der Waals surface area (Å²) in [5.41, 5.74) is 1.41. The third-order valence-electron chi connectivity index (χ3n) is 5.02. The molecule has 0 radical (unpaired) electrons. The van der Waals surface area contributed by atoms with Gasteiger partial charge in [-0.3, -0.25) is 9.59 Å². The second kappa shape index (κ2) is 8.05. The van der Waals surface area contributed by atoms with Crippen molar-refractivity contribution < 1.29 is 14.3 Å². The number of amides is 2. The van der Waals surface area contributed by atoms with Gasteiger partial charge in [-0.1, -0.05) is 57.2 Å². The first-order chi connectivity index (χ1) is 13.3. The van der Waals surface area contributed by atoms with Crippen molar-refractivity contribution in [2.75, 3.05) is 25.1 Å². The van der Waals surface area contributed by atoms with Crippen LogP contribution in [0.2, 0.25) is 0 Å². The molecule has 148 valence electrons. The summed E-state index contributed by atoms with van der Waals surface area (Å²) >= 11 is 0. The van der Waals surface area contributed by atoms with Crippen LogP contribution in [-0.2, 0) is 16.0 Å². The lowest BCUT2D eigenvalue weighted by molar-refractivity contribution is -0.146. The van der Waals surface area contributed by atoms with Crippen LogP contribution >= 0.6 is 0 Å². The van der Waals surface area contributed by atoms with Crippen LogP contribution in [-0.4, -0.2) is 43.0 Å². The Morgan fingerprint density at radius 2 is 1.82 bits per heavy atom. The molecule has 0 aliphatic carbocycles. The Hall–Kier alpha value is -2.82. The maximum Gasteiger partial charge on any atom is 0.246 e. The number of methoxy groups -OCH3 is 1. The molecular formula is C23H28N2O3. The van der Waals surface area contributed by atoms with Crippen LogP contribution in [0, 0.1) is 5.41 Å². The minimum atomic E-state index is -0.534. The van der Waals surface area contributed by atoms with Crippen molar-refractivity contribution in [2.45, 2.75) is 33.2 Å². The number of carbonyl (C=O) groups excluding carboxylic acids is 2. The molecular weight excluding hydrogens is 352 g/mol. The molecule has 1 atom stereocenters. The molecule has 5 nitrogen and oxygen atoms in total. The molecule has 1 heterocycles. The van der Waals surface area contributed by atoms with E-state index in [1.54, 1.807) is 16.9 Å². The molecule has 0 bridgehead atoms. The number of hydrogen-bond donors (Lipinski definition) is 0. The van der Waals surface area contributed by atoms with Crippen molar-refractivity contribution in [3.8, 4) is 5.75 Å². The number of benzene rings is 2. The second-order valence-electron chi connectivity index (χ2n) is 8.23. The Labute approximate surface area is 166 Å². The minimum absolute atomic E-state index is 0.00655. The van der Waals surface area contributed by atoms with Gasteiger partial charge in [0.25, 0.3) is 0 Å². The summed E-state index contributed by atoms with van der Waals surface area (Å²) < 4.78 is 5.30. The fourth-order valence-electron chi connectivity index (χ4n) is 3.53. The summed E-state index contributed by atoms with van der Waals surface area (Å²) in [5, 5.41) is 0. The molecule has 0 saturated carbocycles. The molecule has 0 N–H and O–H groups in total. The third-order valence-corrected chi connectivity index (χ3v) is 5.02. The molecule has 1 saturated heterocycles. The van der Waals surface area contributed by atoms with Crippen molar-refractivity contribution in [3.63, 3.8) is 0 Å². The van der Waals surface area contributed by atoms with Crippen LogP contribution in [0.3, 0.4) is 0 Å². The number of rotatable bonds is 4.